The Balaban J connectivity index is 1.28. The monoisotopic (exact) mass is 400 g/mol. The lowest BCUT2D eigenvalue weighted by molar-refractivity contribution is 0.180. The maximum atomic E-state index is 5.88. The normalized spacial score (nSPS) is 18.7. The molecule has 1 saturated carbocycles. The van der Waals surface area contributed by atoms with Crippen LogP contribution in [-0.4, -0.2) is 25.2 Å². The molecule has 3 heteroatoms. The van der Waals surface area contributed by atoms with Crippen LogP contribution in [-0.2, 0) is 6.42 Å². The molecule has 0 radical (unpaired) electrons. The highest BCUT2D eigenvalue weighted by molar-refractivity contribution is 5.54. The Hall–Kier alpha value is -2.81. The van der Waals surface area contributed by atoms with Gasteiger partial charge in [0.2, 0.25) is 5.88 Å². The third kappa shape index (κ3) is 5.63. The third-order valence-electron chi connectivity index (χ3n) is 6.24. The third-order valence-corrected chi connectivity index (χ3v) is 6.24. The molecule has 0 atom stereocenters. The summed E-state index contributed by atoms with van der Waals surface area (Å²) < 4.78 is 5.88. The lowest BCUT2D eigenvalue weighted by Gasteiger charge is -2.32. The summed E-state index contributed by atoms with van der Waals surface area (Å²) in [5.74, 6) is 2.15. The minimum Gasteiger partial charge on any atom is -0.477 e. The Morgan fingerprint density at radius 2 is 1.53 bits per heavy atom. The number of para-hydroxylation sites is 1. The van der Waals surface area contributed by atoms with Gasteiger partial charge in [0.25, 0.3) is 0 Å². The van der Waals surface area contributed by atoms with E-state index in [1.165, 1.54) is 42.5 Å². The molecule has 1 heterocycles. The van der Waals surface area contributed by atoms with Crippen LogP contribution < -0.4 is 9.64 Å². The predicted octanol–water partition coefficient (Wildman–Crippen LogP) is 5.99. The zero-order valence-corrected chi connectivity index (χ0v) is 17.9. The Morgan fingerprint density at radius 1 is 0.833 bits per heavy atom. The van der Waals surface area contributed by atoms with Crippen LogP contribution in [0.4, 0.5) is 5.69 Å². The molecule has 0 unspecified atom stereocenters. The molecule has 2 aromatic carbocycles. The molecular formula is C27H32N2O. The fourth-order valence-corrected chi connectivity index (χ4v) is 4.55. The first kappa shape index (κ1) is 20.5. The van der Waals surface area contributed by atoms with Gasteiger partial charge in [-0.25, -0.2) is 4.98 Å². The summed E-state index contributed by atoms with van der Waals surface area (Å²) in [6, 6.07) is 25.4. The van der Waals surface area contributed by atoms with E-state index >= 15 is 0 Å². The van der Waals surface area contributed by atoms with E-state index in [2.05, 4.69) is 71.5 Å². The highest BCUT2D eigenvalue weighted by Gasteiger charge is 2.23. The summed E-state index contributed by atoms with van der Waals surface area (Å²) in [6.45, 7) is 1.92. The van der Waals surface area contributed by atoms with Gasteiger partial charge in [-0.1, -0.05) is 54.6 Å². The van der Waals surface area contributed by atoms with E-state index in [0.717, 1.165) is 31.4 Å². The average molecular weight is 401 g/mol. The SMILES string of the molecule is CN(CC1CCC(COc2ccccn2)CC1)c1ccccc1Cc1ccccc1. The van der Waals surface area contributed by atoms with Gasteiger partial charge in [-0.05, 0) is 67.2 Å². The largest absolute Gasteiger partial charge is 0.477 e. The molecule has 0 N–H and O–H groups in total. The van der Waals surface area contributed by atoms with E-state index in [1.54, 1.807) is 6.20 Å². The Labute approximate surface area is 180 Å². The fourth-order valence-electron chi connectivity index (χ4n) is 4.55. The fraction of sp³-hybridized carbons (Fsp3) is 0.370. The van der Waals surface area contributed by atoms with Crippen molar-refractivity contribution in [2.45, 2.75) is 32.1 Å². The summed E-state index contributed by atoms with van der Waals surface area (Å²) in [7, 11) is 2.25. The minimum atomic E-state index is 0.652. The Morgan fingerprint density at radius 3 is 2.30 bits per heavy atom. The number of rotatable bonds is 8. The Kier molecular flexibility index (Phi) is 7.02. The summed E-state index contributed by atoms with van der Waals surface area (Å²) in [6.07, 6.45) is 7.83. The van der Waals surface area contributed by atoms with Crippen LogP contribution in [0, 0.1) is 11.8 Å². The maximum absolute atomic E-state index is 5.88. The highest BCUT2D eigenvalue weighted by atomic mass is 16.5. The van der Waals surface area contributed by atoms with Crippen LogP contribution >= 0.6 is 0 Å². The van der Waals surface area contributed by atoms with E-state index in [4.69, 9.17) is 4.74 Å². The van der Waals surface area contributed by atoms with Gasteiger partial charge in [0.05, 0.1) is 6.61 Å². The van der Waals surface area contributed by atoms with Crippen molar-refractivity contribution in [1.82, 2.24) is 4.98 Å². The summed E-state index contributed by atoms with van der Waals surface area (Å²) in [4.78, 5) is 6.73. The van der Waals surface area contributed by atoms with Crippen molar-refractivity contribution >= 4 is 5.69 Å². The van der Waals surface area contributed by atoms with Crippen molar-refractivity contribution < 1.29 is 4.74 Å². The summed E-state index contributed by atoms with van der Waals surface area (Å²) in [5.41, 5.74) is 4.14. The molecule has 156 valence electrons. The van der Waals surface area contributed by atoms with Crippen LogP contribution in [0.2, 0.25) is 0 Å². The van der Waals surface area contributed by atoms with Crippen molar-refractivity contribution in [2.24, 2.45) is 11.8 Å². The van der Waals surface area contributed by atoms with Gasteiger partial charge in [0, 0.05) is 31.5 Å². The number of ether oxygens (including phenoxy) is 1. The lowest BCUT2D eigenvalue weighted by Crippen LogP contribution is -2.30. The molecule has 3 aromatic rings. The van der Waals surface area contributed by atoms with Crippen LogP contribution in [0.15, 0.2) is 79.0 Å². The quantitative estimate of drug-likeness (QED) is 0.464. The van der Waals surface area contributed by atoms with Gasteiger partial charge in [0.15, 0.2) is 0 Å². The van der Waals surface area contributed by atoms with Gasteiger partial charge >= 0.3 is 0 Å². The first-order valence-corrected chi connectivity index (χ1v) is 11.1. The van der Waals surface area contributed by atoms with Gasteiger partial charge in [0.1, 0.15) is 0 Å². The number of aromatic nitrogens is 1. The minimum absolute atomic E-state index is 0.652. The molecule has 0 bridgehead atoms. The number of pyridine rings is 1. The molecule has 1 fully saturated rings. The van der Waals surface area contributed by atoms with Crippen molar-refractivity contribution in [2.75, 3.05) is 25.1 Å². The topological polar surface area (TPSA) is 25.4 Å². The van der Waals surface area contributed by atoms with Crippen molar-refractivity contribution in [3.8, 4) is 5.88 Å². The average Bonchev–Trinajstić information content (AvgIpc) is 2.80. The predicted molar refractivity (Wildman–Crippen MR) is 124 cm³/mol. The molecule has 1 aromatic heterocycles. The smallest absolute Gasteiger partial charge is 0.213 e. The van der Waals surface area contributed by atoms with Crippen molar-refractivity contribution in [3.63, 3.8) is 0 Å². The van der Waals surface area contributed by atoms with Crippen LogP contribution in [0.25, 0.3) is 0 Å². The van der Waals surface area contributed by atoms with Crippen LogP contribution in [0.5, 0.6) is 5.88 Å². The standard InChI is InChI=1S/C27H32N2O/c1-29(26-12-6-5-11-25(26)19-22-9-3-2-4-10-22)20-23-14-16-24(17-15-23)21-30-27-13-7-8-18-28-27/h2-13,18,23-24H,14-17,19-21H2,1H3. The van der Waals surface area contributed by atoms with Crippen LogP contribution in [0.3, 0.4) is 0 Å². The van der Waals surface area contributed by atoms with E-state index in [0.29, 0.717) is 5.92 Å². The van der Waals surface area contributed by atoms with Gasteiger partial charge in [-0.2, -0.15) is 0 Å². The van der Waals surface area contributed by atoms with E-state index in [9.17, 15) is 0 Å². The molecule has 1 aliphatic carbocycles. The van der Waals surface area contributed by atoms with Gasteiger partial charge in [-0.15, -0.1) is 0 Å². The van der Waals surface area contributed by atoms with Crippen molar-refractivity contribution in [3.05, 3.63) is 90.1 Å². The Bertz CT molecular complexity index is 889. The lowest BCUT2D eigenvalue weighted by atomic mass is 9.82. The molecule has 0 spiro atoms. The van der Waals surface area contributed by atoms with E-state index in [-0.39, 0.29) is 0 Å². The second-order valence-corrected chi connectivity index (χ2v) is 8.54. The van der Waals surface area contributed by atoms with Gasteiger partial charge < -0.3 is 9.64 Å². The van der Waals surface area contributed by atoms with Gasteiger partial charge in [-0.3, -0.25) is 0 Å². The first-order chi connectivity index (χ1) is 14.8. The second kappa shape index (κ2) is 10.3. The first-order valence-electron chi connectivity index (χ1n) is 11.1. The molecule has 4 rings (SSSR count). The molecule has 0 aliphatic heterocycles. The molecule has 30 heavy (non-hydrogen) atoms. The summed E-state index contributed by atoms with van der Waals surface area (Å²) >= 11 is 0. The van der Waals surface area contributed by atoms with E-state index < -0.39 is 0 Å². The summed E-state index contributed by atoms with van der Waals surface area (Å²) in [5, 5.41) is 0. The number of nitrogens with zero attached hydrogens (tertiary/aromatic N) is 2. The molecule has 3 nitrogen and oxygen atoms in total. The molecule has 1 aliphatic rings. The molecule has 0 amide bonds. The van der Waals surface area contributed by atoms with E-state index in [1.807, 2.05) is 18.2 Å². The number of hydrogen-bond donors (Lipinski definition) is 0. The zero-order chi connectivity index (χ0) is 20.6. The highest BCUT2D eigenvalue weighted by Crippen LogP contribution is 2.31. The molecular weight excluding hydrogens is 368 g/mol. The number of anilines is 1. The van der Waals surface area contributed by atoms with Crippen molar-refractivity contribution in [1.29, 1.82) is 0 Å². The molecule has 0 saturated heterocycles. The zero-order valence-electron chi connectivity index (χ0n) is 17.9. The number of benzene rings is 2. The van der Waals surface area contributed by atoms with Crippen LogP contribution in [0.1, 0.15) is 36.8 Å². The second-order valence-electron chi connectivity index (χ2n) is 8.54. The number of hydrogen-bond acceptors (Lipinski definition) is 3. The maximum Gasteiger partial charge on any atom is 0.213 e.